The highest BCUT2D eigenvalue weighted by molar-refractivity contribution is 6.30. The lowest BCUT2D eigenvalue weighted by atomic mass is 10.0. The molecular formula is C21H18Cl2F3N3O. The summed E-state index contributed by atoms with van der Waals surface area (Å²) in [5.74, 6) is 0.243. The number of hydrogen-bond acceptors (Lipinski definition) is 3. The van der Waals surface area contributed by atoms with Crippen LogP contribution >= 0.6 is 23.2 Å². The van der Waals surface area contributed by atoms with Gasteiger partial charge < -0.3 is 9.30 Å². The fourth-order valence-electron chi connectivity index (χ4n) is 3.25. The highest BCUT2D eigenvalue weighted by Gasteiger charge is 2.35. The average Bonchev–Trinajstić information content (AvgIpc) is 2.99. The number of alkyl halides is 4. The van der Waals surface area contributed by atoms with Crippen LogP contribution in [0.1, 0.15) is 33.7 Å². The van der Waals surface area contributed by atoms with Gasteiger partial charge in [0.2, 0.25) is 0 Å². The van der Waals surface area contributed by atoms with E-state index in [1.165, 1.54) is 13.2 Å². The van der Waals surface area contributed by atoms with Gasteiger partial charge in [-0.25, -0.2) is 9.97 Å². The largest absolute Gasteiger partial charge is 0.496 e. The van der Waals surface area contributed by atoms with Crippen molar-refractivity contribution in [3.8, 4) is 11.4 Å². The number of methoxy groups -OCH3 is 1. The summed E-state index contributed by atoms with van der Waals surface area (Å²) in [5, 5.41) is -0.405. The molecule has 1 unspecified atom stereocenters. The van der Waals surface area contributed by atoms with Crippen molar-refractivity contribution in [2.24, 2.45) is 0 Å². The summed E-state index contributed by atoms with van der Waals surface area (Å²) in [6.45, 7) is 7.47. The van der Waals surface area contributed by atoms with Crippen molar-refractivity contribution in [1.29, 1.82) is 0 Å². The lowest BCUT2D eigenvalue weighted by Crippen LogP contribution is -2.10. The fourth-order valence-corrected chi connectivity index (χ4v) is 3.76. The SMILES string of the molecule is C=C(c1ccnc(Cl)c1)C(Cl)c1nc(C)n(-c2ccc(OC)c(C(F)(F)F)c2)c1C. The summed E-state index contributed by atoms with van der Waals surface area (Å²) in [4.78, 5) is 8.43. The minimum Gasteiger partial charge on any atom is -0.496 e. The third-order valence-corrected chi connectivity index (χ3v) is 5.38. The molecule has 0 spiro atoms. The van der Waals surface area contributed by atoms with Gasteiger partial charge in [-0.05, 0) is 55.3 Å². The van der Waals surface area contributed by atoms with E-state index >= 15 is 0 Å². The van der Waals surface area contributed by atoms with Crippen molar-refractivity contribution in [2.45, 2.75) is 25.4 Å². The molecule has 0 N–H and O–H groups in total. The van der Waals surface area contributed by atoms with Gasteiger partial charge in [0.25, 0.3) is 0 Å². The van der Waals surface area contributed by atoms with E-state index in [1.54, 1.807) is 42.8 Å². The van der Waals surface area contributed by atoms with Crippen molar-refractivity contribution >= 4 is 28.8 Å². The Morgan fingerprint density at radius 3 is 2.50 bits per heavy atom. The monoisotopic (exact) mass is 455 g/mol. The number of hydrogen-bond donors (Lipinski definition) is 0. The average molecular weight is 456 g/mol. The second-order valence-electron chi connectivity index (χ2n) is 6.60. The quantitative estimate of drug-likeness (QED) is 0.323. The molecule has 0 amide bonds. The summed E-state index contributed by atoms with van der Waals surface area (Å²) >= 11 is 12.6. The minimum atomic E-state index is -4.56. The van der Waals surface area contributed by atoms with Gasteiger partial charge in [0.1, 0.15) is 22.1 Å². The van der Waals surface area contributed by atoms with E-state index in [2.05, 4.69) is 16.5 Å². The Morgan fingerprint density at radius 2 is 1.90 bits per heavy atom. The fraction of sp³-hybridized carbons (Fsp3) is 0.238. The molecule has 0 fully saturated rings. The van der Waals surface area contributed by atoms with Crippen LogP contribution in [0.3, 0.4) is 0 Å². The number of imidazole rings is 1. The third kappa shape index (κ3) is 4.18. The van der Waals surface area contributed by atoms with Crippen LogP contribution in [0.4, 0.5) is 13.2 Å². The number of rotatable bonds is 5. The van der Waals surface area contributed by atoms with Crippen LogP contribution in [-0.4, -0.2) is 21.6 Å². The van der Waals surface area contributed by atoms with Crippen molar-refractivity contribution in [3.05, 3.63) is 76.6 Å². The number of halogens is 5. The van der Waals surface area contributed by atoms with Gasteiger partial charge in [-0.3, -0.25) is 0 Å². The van der Waals surface area contributed by atoms with Crippen LogP contribution in [-0.2, 0) is 6.18 Å². The number of nitrogens with zero attached hydrogens (tertiary/aromatic N) is 3. The molecule has 3 rings (SSSR count). The third-order valence-electron chi connectivity index (χ3n) is 4.70. The molecule has 0 saturated carbocycles. The van der Waals surface area contributed by atoms with Gasteiger partial charge in [0.15, 0.2) is 0 Å². The number of allylic oxidation sites excluding steroid dienone is 1. The van der Waals surface area contributed by atoms with Crippen molar-refractivity contribution in [3.63, 3.8) is 0 Å². The molecule has 158 valence electrons. The van der Waals surface area contributed by atoms with E-state index in [1.807, 2.05) is 0 Å². The first-order chi connectivity index (χ1) is 14.0. The molecule has 4 nitrogen and oxygen atoms in total. The number of aryl methyl sites for hydroxylation is 1. The molecule has 0 aliphatic heterocycles. The summed E-state index contributed by atoms with van der Waals surface area (Å²) in [7, 11) is 1.20. The molecule has 2 aromatic heterocycles. The first-order valence-electron chi connectivity index (χ1n) is 8.80. The summed E-state index contributed by atoms with van der Waals surface area (Å²) < 4.78 is 46.8. The molecule has 3 aromatic rings. The van der Waals surface area contributed by atoms with E-state index < -0.39 is 17.1 Å². The Kier molecular flexibility index (Phi) is 6.15. The van der Waals surface area contributed by atoms with Crippen LogP contribution in [0.25, 0.3) is 11.3 Å². The van der Waals surface area contributed by atoms with Crippen LogP contribution in [0, 0.1) is 13.8 Å². The Morgan fingerprint density at radius 1 is 1.20 bits per heavy atom. The van der Waals surface area contributed by atoms with Crippen molar-refractivity contribution in [1.82, 2.24) is 14.5 Å². The van der Waals surface area contributed by atoms with E-state index in [9.17, 15) is 13.2 Å². The van der Waals surface area contributed by atoms with E-state index in [4.69, 9.17) is 27.9 Å². The van der Waals surface area contributed by atoms with Gasteiger partial charge in [-0.2, -0.15) is 13.2 Å². The van der Waals surface area contributed by atoms with Crippen LogP contribution in [0.2, 0.25) is 5.15 Å². The second-order valence-corrected chi connectivity index (χ2v) is 7.43. The van der Waals surface area contributed by atoms with Crippen LogP contribution in [0.15, 0.2) is 43.1 Å². The maximum atomic E-state index is 13.4. The molecule has 9 heteroatoms. The molecule has 30 heavy (non-hydrogen) atoms. The zero-order valence-corrected chi connectivity index (χ0v) is 17.9. The maximum absolute atomic E-state index is 13.4. The topological polar surface area (TPSA) is 39.9 Å². The standard InChI is InChI=1S/C21H18Cl2F3N3O/c1-11(14-7-8-27-18(22)9-14)19(23)20-12(2)29(13(3)28-20)15-5-6-17(30-4)16(10-15)21(24,25)26/h5-10,19H,1H2,2-4H3. The second kappa shape index (κ2) is 8.32. The molecule has 1 aromatic carbocycles. The van der Waals surface area contributed by atoms with Crippen molar-refractivity contribution in [2.75, 3.05) is 7.11 Å². The molecule has 0 aliphatic carbocycles. The first kappa shape index (κ1) is 22.2. The smallest absolute Gasteiger partial charge is 0.420 e. The Hall–Kier alpha value is -2.51. The van der Waals surface area contributed by atoms with E-state index in [-0.39, 0.29) is 5.75 Å². The Balaban J connectivity index is 2.05. The van der Waals surface area contributed by atoms with Crippen LogP contribution < -0.4 is 4.74 Å². The summed E-state index contributed by atoms with van der Waals surface area (Å²) in [6.07, 6.45) is -3.02. The zero-order chi connectivity index (χ0) is 22.2. The minimum absolute atomic E-state index is 0.250. The van der Waals surface area contributed by atoms with E-state index in [0.717, 1.165) is 6.07 Å². The highest BCUT2D eigenvalue weighted by atomic mass is 35.5. The Bertz CT molecular complexity index is 1110. The van der Waals surface area contributed by atoms with Gasteiger partial charge in [0.05, 0.1) is 18.4 Å². The predicted octanol–water partition coefficient (Wildman–Crippen LogP) is 6.56. The molecule has 2 heterocycles. The molecular weight excluding hydrogens is 438 g/mol. The first-order valence-corrected chi connectivity index (χ1v) is 9.62. The molecule has 0 saturated heterocycles. The van der Waals surface area contributed by atoms with E-state index in [0.29, 0.717) is 39.2 Å². The lowest BCUT2D eigenvalue weighted by Gasteiger charge is -2.16. The maximum Gasteiger partial charge on any atom is 0.420 e. The molecule has 0 bridgehead atoms. The number of aromatic nitrogens is 3. The van der Waals surface area contributed by atoms with Gasteiger partial charge in [0, 0.05) is 17.6 Å². The molecule has 0 aliphatic rings. The predicted molar refractivity (Wildman–Crippen MR) is 111 cm³/mol. The summed E-state index contributed by atoms with van der Waals surface area (Å²) in [6, 6.07) is 7.22. The number of pyridine rings is 1. The highest BCUT2D eigenvalue weighted by Crippen LogP contribution is 2.40. The molecule has 1 atom stereocenters. The number of benzene rings is 1. The van der Waals surface area contributed by atoms with Gasteiger partial charge in [-0.15, -0.1) is 11.6 Å². The number of ether oxygens (including phenoxy) is 1. The van der Waals surface area contributed by atoms with Crippen LogP contribution in [0.5, 0.6) is 5.75 Å². The van der Waals surface area contributed by atoms with Gasteiger partial charge in [-0.1, -0.05) is 18.2 Å². The zero-order valence-electron chi connectivity index (χ0n) is 16.4. The summed E-state index contributed by atoms with van der Waals surface area (Å²) in [5.41, 5.74) is 1.79. The normalized spacial score (nSPS) is 12.7. The van der Waals surface area contributed by atoms with Gasteiger partial charge >= 0.3 is 6.18 Å². The molecule has 0 radical (unpaired) electrons. The van der Waals surface area contributed by atoms with Crippen molar-refractivity contribution < 1.29 is 17.9 Å². The Labute approximate surface area is 181 Å². The lowest BCUT2D eigenvalue weighted by molar-refractivity contribution is -0.138.